The molecule has 2 nitrogen and oxygen atoms in total. The molecule has 0 heterocycles. The van der Waals surface area contributed by atoms with E-state index in [0.717, 1.165) is 12.1 Å². The summed E-state index contributed by atoms with van der Waals surface area (Å²) in [6.45, 7) is 4.99. The number of rotatable bonds is 5. The molecular weight excluding hydrogens is 246 g/mol. The van der Waals surface area contributed by atoms with Gasteiger partial charge < -0.3 is 10.0 Å². The lowest BCUT2D eigenvalue weighted by Gasteiger charge is -2.35. The van der Waals surface area contributed by atoms with Gasteiger partial charge >= 0.3 is 0 Å². The van der Waals surface area contributed by atoms with Crippen LogP contribution in [-0.2, 0) is 0 Å². The fourth-order valence-corrected chi connectivity index (χ4v) is 2.56. The molecule has 0 bridgehead atoms. The van der Waals surface area contributed by atoms with E-state index in [1.165, 1.54) is 5.69 Å². The van der Waals surface area contributed by atoms with Crippen LogP contribution in [0.15, 0.2) is 60.7 Å². The van der Waals surface area contributed by atoms with E-state index in [0.29, 0.717) is 0 Å². The highest BCUT2D eigenvalue weighted by Gasteiger charge is 2.30. The van der Waals surface area contributed by atoms with Crippen LogP contribution in [0.2, 0.25) is 0 Å². The molecule has 106 valence electrons. The van der Waals surface area contributed by atoms with E-state index in [1.54, 1.807) is 0 Å². The summed E-state index contributed by atoms with van der Waals surface area (Å²) in [4.78, 5) is 2.19. The average Bonchev–Trinajstić information content (AvgIpc) is 2.48. The molecule has 0 aliphatic carbocycles. The Morgan fingerprint density at radius 3 is 2.00 bits per heavy atom. The summed E-state index contributed by atoms with van der Waals surface area (Å²) in [6, 6.07) is 20.1. The molecule has 1 atom stereocenters. The van der Waals surface area contributed by atoms with Gasteiger partial charge in [0.2, 0.25) is 0 Å². The Balaban J connectivity index is 2.11. The van der Waals surface area contributed by atoms with Crippen molar-refractivity contribution >= 4 is 5.69 Å². The summed E-state index contributed by atoms with van der Waals surface area (Å²) < 4.78 is 0. The Kier molecular flexibility index (Phi) is 4.46. The molecule has 0 radical (unpaired) electrons. The first-order chi connectivity index (χ1) is 9.50. The Hall–Kier alpha value is -1.80. The zero-order valence-corrected chi connectivity index (χ0v) is 12.5. The van der Waals surface area contributed by atoms with Crippen LogP contribution in [0, 0.1) is 5.41 Å². The fraction of sp³-hybridized carbons (Fsp3) is 0.333. The molecule has 0 aliphatic rings. The molecule has 2 aromatic carbocycles. The summed E-state index contributed by atoms with van der Waals surface area (Å²) in [6.07, 6.45) is -0.477. The highest BCUT2D eigenvalue weighted by Crippen LogP contribution is 2.34. The third-order valence-electron chi connectivity index (χ3n) is 3.70. The number of para-hydroxylation sites is 1. The first-order valence-corrected chi connectivity index (χ1v) is 7.00. The monoisotopic (exact) mass is 269 g/mol. The smallest absolute Gasteiger partial charge is 0.0857 e. The summed E-state index contributed by atoms with van der Waals surface area (Å²) in [5.74, 6) is 0. The van der Waals surface area contributed by atoms with Crippen LogP contribution >= 0.6 is 0 Å². The molecule has 20 heavy (non-hydrogen) atoms. The van der Waals surface area contributed by atoms with Crippen molar-refractivity contribution in [3.8, 4) is 0 Å². The van der Waals surface area contributed by atoms with Crippen molar-refractivity contribution in [2.75, 3.05) is 18.5 Å². The van der Waals surface area contributed by atoms with Crippen molar-refractivity contribution in [2.24, 2.45) is 5.41 Å². The van der Waals surface area contributed by atoms with Crippen LogP contribution in [0.3, 0.4) is 0 Å². The van der Waals surface area contributed by atoms with Gasteiger partial charge in [-0.2, -0.15) is 0 Å². The quantitative estimate of drug-likeness (QED) is 0.890. The minimum absolute atomic E-state index is 0.230. The molecule has 1 N–H and O–H groups in total. The first-order valence-electron chi connectivity index (χ1n) is 7.00. The minimum Gasteiger partial charge on any atom is -0.388 e. The van der Waals surface area contributed by atoms with E-state index in [4.69, 9.17) is 0 Å². The van der Waals surface area contributed by atoms with Gasteiger partial charge in [0, 0.05) is 24.7 Å². The Morgan fingerprint density at radius 1 is 0.950 bits per heavy atom. The SMILES string of the molecule is CN(CC(C)(C)C(O)c1ccccc1)c1ccccc1. The normalized spacial score (nSPS) is 13.0. The van der Waals surface area contributed by atoms with Crippen molar-refractivity contribution in [1.82, 2.24) is 0 Å². The van der Waals surface area contributed by atoms with E-state index in [9.17, 15) is 5.11 Å². The third kappa shape index (κ3) is 3.40. The number of aliphatic hydroxyl groups is 1. The number of anilines is 1. The molecule has 0 fully saturated rings. The molecule has 0 saturated heterocycles. The maximum absolute atomic E-state index is 10.6. The predicted molar refractivity (Wildman–Crippen MR) is 84.9 cm³/mol. The van der Waals surface area contributed by atoms with Crippen LogP contribution in [0.4, 0.5) is 5.69 Å². The third-order valence-corrected chi connectivity index (χ3v) is 3.70. The lowest BCUT2D eigenvalue weighted by atomic mass is 9.82. The van der Waals surface area contributed by atoms with Gasteiger partial charge in [-0.1, -0.05) is 62.4 Å². The van der Waals surface area contributed by atoms with Gasteiger partial charge in [-0.15, -0.1) is 0 Å². The predicted octanol–water partition coefficient (Wildman–Crippen LogP) is 3.88. The van der Waals surface area contributed by atoms with Gasteiger partial charge in [0.15, 0.2) is 0 Å². The number of hydrogen-bond acceptors (Lipinski definition) is 2. The molecule has 0 spiro atoms. The zero-order valence-electron chi connectivity index (χ0n) is 12.5. The van der Waals surface area contributed by atoms with Gasteiger partial charge in [-0.3, -0.25) is 0 Å². The van der Waals surface area contributed by atoms with E-state index >= 15 is 0 Å². The lowest BCUT2D eigenvalue weighted by Crippen LogP contribution is -2.36. The summed E-state index contributed by atoms with van der Waals surface area (Å²) >= 11 is 0. The molecule has 0 aromatic heterocycles. The molecule has 0 amide bonds. The Labute approximate surface area is 121 Å². The van der Waals surface area contributed by atoms with Crippen molar-refractivity contribution in [1.29, 1.82) is 0 Å². The van der Waals surface area contributed by atoms with Crippen LogP contribution in [-0.4, -0.2) is 18.7 Å². The van der Waals surface area contributed by atoms with Crippen molar-refractivity contribution in [2.45, 2.75) is 20.0 Å². The van der Waals surface area contributed by atoms with Gasteiger partial charge in [0.05, 0.1) is 6.10 Å². The second-order valence-electron chi connectivity index (χ2n) is 5.99. The van der Waals surface area contributed by atoms with Crippen LogP contribution in [0.5, 0.6) is 0 Å². The maximum Gasteiger partial charge on any atom is 0.0857 e. The molecular formula is C18H23NO. The molecule has 2 aromatic rings. The largest absolute Gasteiger partial charge is 0.388 e. The molecule has 0 aliphatic heterocycles. The summed E-state index contributed by atoms with van der Waals surface area (Å²) in [7, 11) is 2.06. The van der Waals surface area contributed by atoms with Crippen molar-refractivity contribution in [3.05, 3.63) is 66.2 Å². The second-order valence-corrected chi connectivity index (χ2v) is 5.99. The van der Waals surface area contributed by atoms with Crippen molar-refractivity contribution < 1.29 is 5.11 Å². The second kappa shape index (κ2) is 6.10. The first kappa shape index (κ1) is 14.6. The van der Waals surface area contributed by atoms with E-state index < -0.39 is 6.10 Å². The zero-order chi connectivity index (χ0) is 14.6. The van der Waals surface area contributed by atoms with Crippen molar-refractivity contribution in [3.63, 3.8) is 0 Å². The van der Waals surface area contributed by atoms with Gasteiger partial charge in [0.25, 0.3) is 0 Å². The lowest BCUT2D eigenvalue weighted by molar-refractivity contribution is 0.0547. The molecule has 2 rings (SSSR count). The standard InChI is InChI=1S/C18H23NO/c1-18(2,17(20)15-10-6-4-7-11-15)14-19(3)16-12-8-5-9-13-16/h4-13,17,20H,14H2,1-3H3. The topological polar surface area (TPSA) is 23.5 Å². The van der Waals surface area contributed by atoms with Gasteiger partial charge in [-0.05, 0) is 17.7 Å². The van der Waals surface area contributed by atoms with E-state index in [1.807, 2.05) is 48.5 Å². The fourth-order valence-electron chi connectivity index (χ4n) is 2.56. The highest BCUT2D eigenvalue weighted by molar-refractivity contribution is 5.45. The maximum atomic E-state index is 10.6. The highest BCUT2D eigenvalue weighted by atomic mass is 16.3. The summed E-state index contributed by atoms with van der Waals surface area (Å²) in [5.41, 5.74) is 1.91. The van der Waals surface area contributed by atoms with Crippen LogP contribution in [0.1, 0.15) is 25.5 Å². The molecule has 1 unspecified atom stereocenters. The Bertz CT molecular complexity index is 522. The number of aliphatic hydroxyl groups excluding tert-OH is 1. The Morgan fingerprint density at radius 2 is 1.45 bits per heavy atom. The molecule has 0 saturated carbocycles. The average molecular weight is 269 g/mol. The van der Waals surface area contributed by atoms with Gasteiger partial charge in [0.1, 0.15) is 0 Å². The number of benzene rings is 2. The summed E-state index contributed by atoms with van der Waals surface area (Å²) in [5, 5.41) is 10.6. The number of nitrogens with zero attached hydrogens (tertiary/aromatic N) is 1. The van der Waals surface area contributed by atoms with E-state index in [-0.39, 0.29) is 5.41 Å². The minimum atomic E-state index is -0.477. The number of hydrogen-bond donors (Lipinski definition) is 1. The van der Waals surface area contributed by atoms with Crippen LogP contribution < -0.4 is 4.90 Å². The molecule has 2 heteroatoms. The van der Waals surface area contributed by atoms with E-state index in [2.05, 4.69) is 37.9 Å². The van der Waals surface area contributed by atoms with Gasteiger partial charge in [-0.25, -0.2) is 0 Å². The van der Waals surface area contributed by atoms with Crippen LogP contribution in [0.25, 0.3) is 0 Å².